The number of benzene rings is 1. The average Bonchev–Trinajstić information content (AvgIpc) is 2.71. The zero-order valence-electron chi connectivity index (χ0n) is 12.8. The Morgan fingerprint density at radius 1 is 1.10 bits per heavy atom. The zero-order valence-corrected chi connectivity index (χ0v) is 12.8. The highest BCUT2D eigenvalue weighted by Crippen LogP contribution is 2.29. The third-order valence-corrected chi connectivity index (χ3v) is 4.01. The van der Waals surface area contributed by atoms with Crippen molar-refractivity contribution in [2.24, 2.45) is 7.05 Å². The molecule has 21 heavy (non-hydrogen) atoms. The van der Waals surface area contributed by atoms with Crippen LogP contribution < -0.4 is 0 Å². The second kappa shape index (κ2) is 4.97. The number of aliphatic hydroxyl groups excluding tert-OH is 1. The molecular formula is C17H19N3O. The van der Waals surface area contributed by atoms with Crippen LogP contribution >= 0.6 is 0 Å². The molecule has 0 fully saturated rings. The number of rotatable bonds is 2. The van der Waals surface area contributed by atoms with Crippen LogP contribution in [0, 0.1) is 20.8 Å². The second-order valence-corrected chi connectivity index (χ2v) is 5.52. The Hall–Kier alpha value is -2.20. The van der Waals surface area contributed by atoms with Crippen molar-refractivity contribution in [3.05, 3.63) is 58.5 Å². The van der Waals surface area contributed by atoms with Gasteiger partial charge in [0, 0.05) is 29.4 Å². The van der Waals surface area contributed by atoms with E-state index in [-0.39, 0.29) is 0 Å². The molecule has 0 radical (unpaired) electrons. The van der Waals surface area contributed by atoms with Gasteiger partial charge in [0.25, 0.3) is 0 Å². The molecule has 0 aliphatic rings. The van der Waals surface area contributed by atoms with E-state index >= 15 is 0 Å². The lowest BCUT2D eigenvalue weighted by atomic mass is 9.98. The molecule has 0 aliphatic heterocycles. The molecule has 3 rings (SSSR count). The summed E-state index contributed by atoms with van der Waals surface area (Å²) in [7, 11) is 1.89. The SMILES string of the molecule is Cc1ccc2cc(C(O)c3c(C)nn(C)c3C)ccc2n1. The predicted molar refractivity (Wildman–Crippen MR) is 83.2 cm³/mol. The Labute approximate surface area is 124 Å². The summed E-state index contributed by atoms with van der Waals surface area (Å²) in [6.07, 6.45) is -0.663. The summed E-state index contributed by atoms with van der Waals surface area (Å²) in [5.74, 6) is 0. The molecule has 2 aromatic heterocycles. The van der Waals surface area contributed by atoms with Crippen molar-refractivity contribution in [3.8, 4) is 0 Å². The molecule has 1 aromatic carbocycles. The molecule has 1 atom stereocenters. The fourth-order valence-electron chi connectivity index (χ4n) is 2.77. The highest BCUT2D eigenvalue weighted by atomic mass is 16.3. The van der Waals surface area contributed by atoms with Gasteiger partial charge in [-0.2, -0.15) is 5.10 Å². The number of aromatic nitrogens is 3. The lowest BCUT2D eigenvalue weighted by Crippen LogP contribution is -2.03. The third kappa shape index (κ3) is 2.32. The Morgan fingerprint density at radius 2 is 1.86 bits per heavy atom. The second-order valence-electron chi connectivity index (χ2n) is 5.52. The summed E-state index contributed by atoms with van der Waals surface area (Å²) in [5.41, 5.74) is 5.55. The van der Waals surface area contributed by atoms with E-state index in [9.17, 15) is 5.11 Å². The minimum Gasteiger partial charge on any atom is -0.384 e. The molecular weight excluding hydrogens is 262 g/mol. The van der Waals surface area contributed by atoms with Crippen LogP contribution in [0.2, 0.25) is 0 Å². The summed E-state index contributed by atoms with van der Waals surface area (Å²) in [5, 5.41) is 16.1. The molecule has 2 heterocycles. The Kier molecular flexibility index (Phi) is 3.26. The van der Waals surface area contributed by atoms with Gasteiger partial charge in [0.05, 0.1) is 11.2 Å². The molecule has 1 N–H and O–H groups in total. The van der Waals surface area contributed by atoms with Crippen LogP contribution in [0.25, 0.3) is 10.9 Å². The van der Waals surface area contributed by atoms with E-state index in [0.29, 0.717) is 0 Å². The highest BCUT2D eigenvalue weighted by Gasteiger charge is 2.19. The number of hydrogen-bond donors (Lipinski definition) is 1. The van der Waals surface area contributed by atoms with Crippen molar-refractivity contribution in [2.45, 2.75) is 26.9 Å². The fourth-order valence-corrected chi connectivity index (χ4v) is 2.77. The molecule has 0 aliphatic carbocycles. The van der Waals surface area contributed by atoms with E-state index in [4.69, 9.17) is 0 Å². The summed E-state index contributed by atoms with van der Waals surface area (Å²) >= 11 is 0. The van der Waals surface area contributed by atoms with Crippen molar-refractivity contribution in [2.75, 3.05) is 0 Å². The standard InChI is InChI=1S/C17H19N3O/c1-10-5-6-13-9-14(7-8-15(13)18-10)17(21)16-11(2)19-20(4)12(16)3/h5-9,17,21H,1-4H3. The van der Waals surface area contributed by atoms with Gasteiger partial charge in [-0.15, -0.1) is 0 Å². The number of hydrogen-bond acceptors (Lipinski definition) is 3. The monoisotopic (exact) mass is 281 g/mol. The number of pyridine rings is 1. The zero-order chi connectivity index (χ0) is 15.1. The maximum absolute atomic E-state index is 10.7. The lowest BCUT2D eigenvalue weighted by molar-refractivity contribution is 0.219. The molecule has 0 spiro atoms. The molecule has 0 bridgehead atoms. The van der Waals surface area contributed by atoms with Gasteiger partial charge < -0.3 is 5.11 Å². The molecule has 4 heteroatoms. The van der Waals surface area contributed by atoms with Crippen LogP contribution in [0.4, 0.5) is 0 Å². The first-order valence-electron chi connectivity index (χ1n) is 7.03. The molecule has 1 unspecified atom stereocenters. The summed E-state index contributed by atoms with van der Waals surface area (Å²) < 4.78 is 1.81. The van der Waals surface area contributed by atoms with Gasteiger partial charge in [-0.3, -0.25) is 9.67 Å². The molecule has 108 valence electrons. The van der Waals surface area contributed by atoms with Crippen molar-refractivity contribution in [1.82, 2.24) is 14.8 Å². The number of nitrogens with zero attached hydrogens (tertiary/aromatic N) is 3. The Balaban J connectivity index is 2.09. The molecule has 0 saturated carbocycles. The topological polar surface area (TPSA) is 50.9 Å². The van der Waals surface area contributed by atoms with Gasteiger partial charge in [0.2, 0.25) is 0 Å². The van der Waals surface area contributed by atoms with Crippen LogP contribution in [0.3, 0.4) is 0 Å². The van der Waals surface area contributed by atoms with Crippen molar-refractivity contribution < 1.29 is 5.11 Å². The smallest absolute Gasteiger partial charge is 0.108 e. The maximum Gasteiger partial charge on any atom is 0.108 e. The van der Waals surface area contributed by atoms with Gasteiger partial charge in [0.15, 0.2) is 0 Å². The van der Waals surface area contributed by atoms with Crippen LogP contribution in [-0.4, -0.2) is 19.9 Å². The molecule has 0 amide bonds. The maximum atomic E-state index is 10.7. The Morgan fingerprint density at radius 3 is 2.52 bits per heavy atom. The van der Waals surface area contributed by atoms with Crippen LogP contribution in [0.5, 0.6) is 0 Å². The van der Waals surface area contributed by atoms with E-state index in [1.165, 1.54) is 0 Å². The van der Waals surface area contributed by atoms with Crippen LogP contribution in [0.1, 0.15) is 34.3 Å². The quantitative estimate of drug-likeness (QED) is 0.785. The summed E-state index contributed by atoms with van der Waals surface area (Å²) in [6.45, 7) is 5.88. The van der Waals surface area contributed by atoms with Crippen molar-refractivity contribution in [1.29, 1.82) is 0 Å². The molecule has 3 aromatic rings. The number of fused-ring (bicyclic) bond motifs is 1. The first-order valence-corrected chi connectivity index (χ1v) is 7.03. The van der Waals surface area contributed by atoms with E-state index < -0.39 is 6.10 Å². The van der Waals surface area contributed by atoms with E-state index in [1.807, 2.05) is 58.2 Å². The van der Waals surface area contributed by atoms with Gasteiger partial charge in [0.1, 0.15) is 6.10 Å². The fraction of sp³-hybridized carbons (Fsp3) is 0.294. The first-order chi connectivity index (χ1) is 9.97. The number of aryl methyl sites for hydroxylation is 3. The minimum atomic E-state index is -0.663. The minimum absolute atomic E-state index is 0.663. The summed E-state index contributed by atoms with van der Waals surface area (Å²) in [6, 6.07) is 9.92. The molecule has 4 nitrogen and oxygen atoms in total. The third-order valence-electron chi connectivity index (χ3n) is 4.01. The molecule has 0 saturated heterocycles. The lowest BCUT2D eigenvalue weighted by Gasteiger charge is -2.13. The van der Waals surface area contributed by atoms with Gasteiger partial charge in [-0.05, 0) is 44.5 Å². The van der Waals surface area contributed by atoms with Gasteiger partial charge >= 0.3 is 0 Å². The largest absolute Gasteiger partial charge is 0.384 e. The summed E-state index contributed by atoms with van der Waals surface area (Å²) in [4.78, 5) is 4.49. The normalized spacial score (nSPS) is 12.8. The van der Waals surface area contributed by atoms with E-state index in [2.05, 4.69) is 10.1 Å². The van der Waals surface area contributed by atoms with Crippen LogP contribution in [0.15, 0.2) is 30.3 Å². The highest BCUT2D eigenvalue weighted by molar-refractivity contribution is 5.79. The number of aliphatic hydroxyl groups is 1. The van der Waals surface area contributed by atoms with Crippen LogP contribution in [-0.2, 0) is 7.05 Å². The van der Waals surface area contributed by atoms with Crippen molar-refractivity contribution >= 4 is 10.9 Å². The average molecular weight is 281 g/mol. The van der Waals surface area contributed by atoms with Gasteiger partial charge in [-0.1, -0.05) is 12.1 Å². The first kappa shape index (κ1) is 13.8. The van der Waals surface area contributed by atoms with E-state index in [1.54, 1.807) is 4.68 Å². The predicted octanol–water partition coefficient (Wildman–Crippen LogP) is 2.98. The van der Waals surface area contributed by atoms with Gasteiger partial charge in [-0.25, -0.2) is 0 Å². The van der Waals surface area contributed by atoms with Crippen molar-refractivity contribution in [3.63, 3.8) is 0 Å². The van der Waals surface area contributed by atoms with E-state index in [0.717, 1.165) is 39.1 Å². The Bertz CT molecular complexity index is 820.